The van der Waals surface area contributed by atoms with E-state index in [0.29, 0.717) is 18.7 Å². The average molecular weight is 277 g/mol. The average Bonchev–Trinajstić information content (AvgIpc) is 2.82. The number of hydrogen-bond donors (Lipinski definition) is 0. The Hall–Kier alpha value is -1.29. The Morgan fingerprint density at radius 2 is 2.25 bits per heavy atom. The maximum atomic E-state index is 5.25. The molecule has 0 fully saturated rings. The first-order valence-corrected chi connectivity index (χ1v) is 7.58. The molecular weight excluding hydrogens is 250 g/mol. The lowest BCUT2D eigenvalue weighted by atomic mass is 10.0. The van der Waals surface area contributed by atoms with Crippen molar-refractivity contribution in [2.75, 3.05) is 13.7 Å². The lowest BCUT2D eigenvalue weighted by molar-refractivity contribution is 0.127. The van der Waals surface area contributed by atoms with Crippen LogP contribution in [-0.4, -0.2) is 35.5 Å². The number of fused-ring (bicyclic) bond motifs is 1. The smallest absolute Gasteiger partial charge is 0.122 e. The topological polar surface area (TPSA) is 29.8 Å². The molecule has 2 rings (SSSR count). The van der Waals surface area contributed by atoms with Crippen molar-refractivity contribution >= 4 is 6.34 Å². The van der Waals surface area contributed by atoms with Crippen molar-refractivity contribution < 1.29 is 4.74 Å². The molecule has 0 spiro atoms. The second kappa shape index (κ2) is 6.93. The summed E-state index contributed by atoms with van der Waals surface area (Å²) >= 11 is 0. The summed E-state index contributed by atoms with van der Waals surface area (Å²) in [5.74, 6) is 0.606. The minimum atomic E-state index is 0.433. The third-order valence-electron chi connectivity index (χ3n) is 4.07. The summed E-state index contributed by atoms with van der Waals surface area (Å²) < 4.78 is 7.43. The van der Waals surface area contributed by atoms with Gasteiger partial charge in [0.25, 0.3) is 0 Å². The van der Waals surface area contributed by atoms with Crippen LogP contribution in [-0.2, 0) is 24.4 Å². The van der Waals surface area contributed by atoms with Crippen LogP contribution in [0.15, 0.2) is 17.3 Å². The molecule has 20 heavy (non-hydrogen) atoms. The van der Waals surface area contributed by atoms with Crippen LogP contribution in [0.3, 0.4) is 0 Å². The van der Waals surface area contributed by atoms with Crippen molar-refractivity contribution in [2.45, 2.75) is 52.9 Å². The van der Waals surface area contributed by atoms with Gasteiger partial charge in [0, 0.05) is 25.5 Å². The number of hydrogen-bond acceptors (Lipinski definition) is 2. The summed E-state index contributed by atoms with van der Waals surface area (Å²) in [6.45, 7) is 9.31. The van der Waals surface area contributed by atoms with Crippen molar-refractivity contribution in [3.05, 3.63) is 23.5 Å². The molecule has 1 aromatic rings. The maximum Gasteiger partial charge on any atom is 0.122 e. The van der Waals surface area contributed by atoms with E-state index in [1.807, 2.05) is 0 Å². The Labute approximate surface area is 122 Å². The Balaban J connectivity index is 2.03. The predicted molar refractivity (Wildman–Crippen MR) is 83.0 cm³/mol. The Kier molecular flexibility index (Phi) is 5.24. The van der Waals surface area contributed by atoms with Crippen molar-refractivity contribution in [2.24, 2.45) is 10.9 Å². The third kappa shape index (κ3) is 3.42. The number of rotatable bonds is 6. The highest BCUT2D eigenvalue weighted by molar-refractivity contribution is 5.56. The van der Waals surface area contributed by atoms with E-state index in [4.69, 9.17) is 9.73 Å². The molecule has 0 aliphatic carbocycles. The van der Waals surface area contributed by atoms with Gasteiger partial charge in [-0.1, -0.05) is 20.8 Å². The van der Waals surface area contributed by atoms with Crippen molar-refractivity contribution in [3.8, 4) is 0 Å². The van der Waals surface area contributed by atoms with Gasteiger partial charge in [-0.05, 0) is 30.4 Å². The van der Waals surface area contributed by atoms with Gasteiger partial charge in [-0.2, -0.15) is 0 Å². The summed E-state index contributed by atoms with van der Waals surface area (Å²) in [6.07, 6.45) is 6.38. The van der Waals surface area contributed by atoms with E-state index in [0.717, 1.165) is 25.9 Å². The molecule has 1 aromatic heterocycles. The fourth-order valence-corrected chi connectivity index (χ4v) is 2.79. The van der Waals surface area contributed by atoms with E-state index in [-0.39, 0.29) is 0 Å². The van der Waals surface area contributed by atoms with Crippen LogP contribution in [0.4, 0.5) is 0 Å². The molecule has 112 valence electrons. The fourth-order valence-electron chi connectivity index (χ4n) is 2.79. The largest absolute Gasteiger partial charge is 0.364 e. The summed E-state index contributed by atoms with van der Waals surface area (Å²) in [6, 6.07) is 2.65. The van der Waals surface area contributed by atoms with E-state index in [1.54, 1.807) is 7.11 Å². The fraction of sp³-hybridized carbons (Fsp3) is 0.688. The minimum absolute atomic E-state index is 0.433. The lowest BCUT2D eigenvalue weighted by Crippen LogP contribution is -2.31. The van der Waals surface area contributed by atoms with Crippen molar-refractivity contribution in [3.63, 3.8) is 0 Å². The van der Waals surface area contributed by atoms with Gasteiger partial charge in [-0.3, -0.25) is 4.99 Å². The molecule has 0 radical (unpaired) electrons. The number of ether oxygens (including phenoxy) is 1. The summed E-state index contributed by atoms with van der Waals surface area (Å²) in [5.41, 5.74) is 2.81. The van der Waals surface area contributed by atoms with E-state index >= 15 is 0 Å². The lowest BCUT2D eigenvalue weighted by Gasteiger charge is -2.27. The molecule has 1 aliphatic rings. The van der Waals surface area contributed by atoms with Crippen molar-refractivity contribution in [1.29, 1.82) is 0 Å². The first-order valence-electron chi connectivity index (χ1n) is 7.58. The SMILES string of the molecule is CC[C@@H](N=CN1CCc2ccn(COC)c2C1)C(C)C. The van der Waals surface area contributed by atoms with Gasteiger partial charge < -0.3 is 14.2 Å². The monoisotopic (exact) mass is 277 g/mol. The maximum absolute atomic E-state index is 5.25. The van der Waals surface area contributed by atoms with Crippen LogP contribution >= 0.6 is 0 Å². The van der Waals surface area contributed by atoms with Crippen LogP contribution in [0.5, 0.6) is 0 Å². The van der Waals surface area contributed by atoms with Gasteiger partial charge in [0.1, 0.15) is 6.73 Å². The summed E-state index contributed by atoms with van der Waals surface area (Å²) in [7, 11) is 1.74. The quantitative estimate of drug-likeness (QED) is 0.591. The molecule has 0 aromatic carbocycles. The van der Waals surface area contributed by atoms with Gasteiger partial charge in [-0.25, -0.2) is 0 Å². The van der Waals surface area contributed by atoms with Gasteiger partial charge in [0.05, 0.1) is 18.9 Å². The predicted octanol–water partition coefficient (Wildman–Crippen LogP) is 2.91. The van der Waals surface area contributed by atoms with E-state index in [2.05, 4.69) is 48.8 Å². The Bertz CT molecular complexity index is 451. The normalized spacial score (nSPS) is 16.9. The van der Waals surface area contributed by atoms with E-state index in [9.17, 15) is 0 Å². The molecule has 0 N–H and O–H groups in total. The van der Waals surface area contributed by atoms with E-state index in [1.165, 1.54) is 11.3 Å². The molecule has 0 unspecified atom stereocenters. The number of nitrogens with zero attached hydrogens (tertiary/aromatic N) is 3. The second-order valence-electron chi connectivity index (χ2n) is 5.88. The number of methoxy groups -OCH3 is 1. The molecule has 4 heteroatoms. The molecule has 1 aliphatic heterocycles. The molecular formula is C16H27N3O. The highest BCUT2D eigenvalue weighted by atomic mass is 16.5. The number of aliphatic imine (C=N–C) groups is 1. The minimum Gasteiger partial charge on any atom is -0.364 e. The van der Waals surface area contributed by atoms with Crippen LogP contribution in [0, 0.1) is 5.92 Å². The third-order valence-corrected chi connectivity index (χ3v) is 4.07. The number of aromatic nitrogens is 1. The van der Waals surface area contributed by atoms with Gasteiger partial charge in [-0.15, -0.1) is 0 Å². The zero-order valence-electron chi connectivity index (χ0n) is 13.2. The van der Waals surface area contributed by atoms with E-state index < -0.39 is 0 Å². The molecule has 2 heterocycles. The zero-order chi connectivity index (χ0) is 14.5. The van der Waals surface area contributed by atoms with Gasteiger partial charge in [0.15, 0.2) is 0 Å². The molecule has 0 saturated heterocycles. The van der Waals surface area contributed by atoms with Crippen LogP contribution < -0.4 is 0 Å². The Morgan fingerprint density at radius 3 is 2.90 bits per heavy atom. The van der Waals surface area contributed by atoms with Crippen LogP contribution in [0.25, 0.3) is 0 Å². The second-order valence-corrected chi connectivity index (χ2v) is 5.88. The summed E-state index contributed by atoms with van der Waals surface area (Å²) in [5, 5.41) is 0. The molecule has 0 saturated carbocycles. The Morgan fingerprint density at radius 1 is 1.45 bits per heavy atom. The van der Waals surface area contributed by atoms with Crippen LogP contribution in [0.2, 0.25) is 0 Å². The molecule has 4 nitrogen and oxygen atoms in total. The first-order chi connectivity index (χ1) is 9.65. The van der Waals surface area contributed by atoms with Gasteiger partial charge >= 0.3 is 0 Å². The standard InChI is InChI=1S/C16H27N3O/c1-5-15(13(2)3)17-11-18-8-6-14-7-9-19(12-20-4)16(14)10-18/h7,9,11,13,15H,5-6,8,10,12H2,1-4H3/t15-/m1/s1. The first kappa shape index (κ1) is 15.1. The molecule has 1 atom stereocenters. The highest BCUT2D eigenvalue weighted by Gasteiger charge is 2.18. The molecule has 0 bridgehead atoms. The summed E-state index contributed by atoms with van der Waals surface area (Å²) in [4.78, 5) is 7.08. The van der Waals surface area contributed by atoms with Gasteiger partial charge in [0.2, 0.25) is 0 Å². The highest BCUT2D eigenvalue weighted by Crippen LogP contribution is 2.20. The van der Waals surface area contributed by atoms with Crippen LogP contribution in [0.1, 0.15) is 38.4 Å². The zero-order valence-corrected chi connectivity index (χ0v) is 13.2. The van der Waals surface area contributed by atoms with Crippen molar-refractivity contribution in [1.82, 2.24) is 9.47 Å². The molecule has 0 amide bonds.